The molecule has 2 amide bonds. The average molecular weight is 493 g/mol. The van der Waals surface area contributed by atoms with Crippen LogP contribution in [0.3, 0.4) is 0 Å². The SMILES string of the molecule is CC(C)(C)OC(=O)N1CCC[C@H](C(=O)N2CCN(c3cc(C(F)(F)F)nc4ccccc34)CC2)C1. The van der Waals surface area contributed by atoms with Crippen LogP contribution >= 0.6 is 0 Å². The number of hydrogen-bond acceptors (Lipinski definition) is 5. The van der Waals surface area contributed by atoms with Crippen molar-refractivity contribution in [2.24, 2.45) is 5.92 Å². The van der Waals surface area contributed by atoms with Crippen LogP contribution in [0.15, 0.2) is 30.3 Å². The Bertz CT molecular complexity index is 1090. The smallest absolute Gasteiger partial charge is 0.433 e. The van der Waals surface area contributed by atoms with E-state index in [1.54, 1.807) is 54.8 Å². The Hall–Kier alpha value is -3.04. The summed E-state index contributed by atoms with van der Waals surface area (Å²) in [5.74, 6) is -0.324. The third-order valence-corrected chi connectivity index (χ3v) is 6.34. The van der Waals surface area contributed by atoms with Crippen LogP contribution in [0.2, 0.25) is 0 Å². The minimum Gasteiger partial charge on any atom is -0.444 e. The fourth-order valence-electron chi connectivity index (χ4n) is 4.66. The standard InChI is InChI=1S/C25H31F3N4O3/c1-24(2,3)35-23(34)32-10-6-7-17(16-32)22(33)31-13-11-30(12-14-31)20-15-21(25(26,27)28)29-19-9-5-4-8-18(19)20/h4-5,8-9,15,17H,6-7,10-14,16H2,1-3H3/t17-/m0/s1. The van der Waals surface area contributed by atoms with Crippen molar-refractivity contribution in [2.75, 3.05) is 44.2 Å². The maximum absolute atomic E-state index is 13.4. The number of para-hydroxylation sites is 1. The summed E-state index contributed by atoms with van der Waals surface area (Å²) in [6, 6.07) is 7.89. The number of halogens is 3. The summed E-state index contributed by atoms with van der Waals surface area (Å²) < 4.78 is 45.8. The van der Waals surface area contributed by atoms with Crippen LogP contribution in [-0.2, 0) is 15.7 Å². The normalized spacial score (nSPS) is 19.7. The van der Waals surface area contributed by atoms with Gasteiger partial charge >= 0.3 is 12.3 Å². The fourth-order valence-corrected chi connectivity index (χ4v) is 4.66. The number of aromatic nitrogens is 1. The summed E-state index contributed by atoms with van der Waals surface area (Å²) in [7, 11) is 0. The van der Waals surface area contributed by atoms with E-state index in [2.05, 4.69) is 4.98 Å². The van der Waals surface area contributed by atoms with Gasteiger partial charge in [-0.05, 0) is 45.7 Å². The maximum atomic E-state index is 13.4. The largest absolute Gasteiger partial charge is 0.444 e. The van der Waals surface area contributed by atoms with Crippen molar-refractivity contribution in [3.63, 3.8) is 0 Å². The zero-order valence-corrected chi connectivity index (χ0v) is 20.3. The Labute approximate surface area is 202 Å². The van der Waals surface area contributed by atoms with Crippen molar-refractivity contribution in [2.45, 2.75) is 45.4 Å². The number of alkyl halides is 3. The maximum Gasteiger partial charge on any atom is 0.433 e. The van der Waals surface area contributed by atoms with Crippen LogP contribution in [0, 0.1) is 5.92 Å². The first kappa shape index (κ1) is 25.1. The third kappa shape index (κ3) is 5.79. The van der Waals surface area contributed by atoms with Gasteiger partial charge in [-0.25, -0.2) is 9.78 Å². The summed E-state index contributed by atoms with van der Waals surface area (Å²) in [5.41, 5.74) is -0.758. The predicted molar refractivity (Wildman–Crippen MR) is 126 cm³/mol. The number of pyridine rings is 1. The zero-order valence-electron chi connectivity index (χ0n) is 20.3. The number of benzene rings is 1. The number of likely N-dealkylation sites (tertiary alicyclic amines) is 1. The molecular weight excluding hydrogens is 461 g/mol. The topological polar surface area (TPSA) is 66.0 Å². The van der Waals surface area contributed by atoms with Gasteiger partial charge in [-0.3, -0.25) is 4.79 Å². The molecule has 0 radical (unpaired) electrons. The predicted octanol–water partition coefficient (Wildman–Crippen LogP) is 4.55. The lowest BCUT2D eigenvalue weighted by Gasteiger charge is -2.40. The lowest BCUT2D eigenvalue weighted by atomic mass is 9.96. The Morgan fingerprint density at radius 1 is 1.00 bits per heavy atom. The molecule has 1 aromatic carbocycles. The minimum atomic E-state index is -4.54. The number of nitrogens with zero attached hydrogens (tertiary/aromatic N) is 4. The molecule has 0 unspecified atom stereocenters. The number of ether oxygens (including phenoxy) is 1. The number of anilines is 1. The van der Waals surface area contributed by atoms with Crippen LogP contribution in [0.4, 0.5) is 23.7 Å². The van der Waals surface area contributed by atoms with Crippen LogP contribution in [-0.4, -0.2) is 71.7 Å². The molecule has 1 aromatic heterocycles. The highest BCUT2D eigenvalue weighted by molar-refractivity contribution is 5.92. The highest BCUT2D eigenvalue weighted by Crippen LogP contribution is 2.35. The molecule has 2 aromatic rings. The van der Waals surface area contributed by atoms with Gasteiger partial charge in [0.2, 0.25) is 5.91 Å². The number of carbonyl (C=O) groups excluding carboxylic acids is 2. The number of carbonyl (C=O) groups is 2. The first-order chi connectivity index (χ1) is 16.4. The third-order valence-electron chi connectivity index (χ3n) is 6.34. The second-order valence-electron chi connectivity index (χ2n) is 10.1. The highest BCUT2D eigenvalue weighted by Gasteiger charge is 2.36. The quantitative estimate of drug-likeness (QED) is 0.616. The second kappa shape index (κ2) is 9.54. The lowest BCUT2D eigenvalue weighted by molar-refractivity contribution is -0.141. The molecule has 10 heteroatoms. The Balaban J connectivity index is 1.43. The van der Waals surface area contributed by atoms with Gasteiger partial charge in [0.15, 0.2) is 0 Å². The molecule has 190 valence electrons. The Kier molecular flexibility index (Phi) is 6.83. The molecule has 7 nitrogen and oxygen atoms in total. The van der Waals surface area contributed by atoms with Gasteiger partial charge in [0.25, 0.3) is 0 Å². The molecule has 0 aliphatic carbocycles. The first-order valence-electron chi connectivity index (χ1n) is 11.9. The van der Waals surface area contributed by atoms with E-state index in [0.717, 1.165) is 12.5 Å². The second-order valence-corrected chi connectivity index (χ2v) is 10.1. The molecule has 2 fully saturated rings. The van der Waals surface area contributed by atoms with Crippen LogP contribution in [0.1, 0.15) is 39.3 Å². The van der Waals surface area contributed by atoms with Gasteiger partial charge in [-0.15, -0.1) is 0 Å². The van der Waals surface area contributed by atoms with Crippen molar-refractivity contribution in [3.05, 3.63) is 36.0 Å². The molecule has 2 aliphatic rings. The lowest BCUT2D eigenvalue weighted by Crippen LogP contribution is -2.53. The fraction of sp³-hybridized carbons (Fsp3) is 0.560. The molecule has 0 saturated carbocycles. The molecule has 3 heterocycles. The van der Waals surface area contributed by atoms with Crippen molar-refractivity contribution >= 4 is 28.6 Å². The molecule has 0 bridgehead atoms. The van der Waals surface area contributed by atoms with Crippen molar-refractivity contribution in [1.82, 2.24) is 14.8 Å². The molecular formula is C25H31F3N4O3. The molecule has 2 saturated heterocycles. The summed E-state index contributed by atoms with van der Waals surface area (Å²) >= 11 is 0. The molecule has 35 heavy (non-hydrogen) atoms. The van der Waals surface area contributed by atoms with Gasteiger partial charge in [0, 0.05) is 50.3 Å². The minimum absolute atomic E-state index is 0.0199. The molecule has 0 spiro atoms. The Morgan fingerprint density at radius 3 is 2.34 bits per heavy atom. The molecule has 2 aliphatic heterocycles. The van der Waals surface area contributed by atoms with Gasteiger partial charge < -0.3 is 19.4 Å². The van der Waals surface area contributed by atoms with Crippen molar-refractivity contribution in [1.29, 1.82) is 0 Å². The summed E-state index contributed by atoms with van der Waals surface area (Å²) in [6.07, 6.45) is -3.54. The van der Waals surface area contributed by atoms with Gasteiger partial charge in [0.05, 0.1) is 11.4 Å². The molecule has 1 atom stereocenters. The van der Waals surface area contributed by atoms with Gasteiger partial charge in [0.1, 0.15) is 11.3 Å². The molecule has 0 N–H and O–H groups in total. The van der Waals surface area contributed by atoms with E-state index in [0.29, 0.717) is 62.3 Å². The summed E-state index contributed by atoms with van der Waals surface area (Å²) in [6.45, 7) is 7.93. The average Bonchev–Trinajstić information content (AvgIpc) is 2.81. The van der Waals surface area contributed by atoms with Crippen LogP contribution < -0.4 is 4.90 Å². The zero-order chi connectivity index (χ0) is 25.4. The van der Waals surface area contributed by atoms with E-state index in [-0.39, 0.29) is 11.8 Å². The van der Waals surface area contributed by atoms with Gasteiger partial charge in [-0.1, -0.05) is 18.2 Å². The number of fused-ring (bicyclic) bond motifs is 1. The van der Waals surface area contributed by atoms with Crippen LogP contribution in [0.25, 0.3) is 10.9 Å². The summed E-state index contributed by atoms with van der Waals surface area (Å²) in [4.78, 5) is 34.7. The van der Waals surface area contributed by atoms with E-state index in [1.165, 1.54) is 0 Å². The van der Waals surface area contributed by atoms with Gasteiger partial charge in [-0.2, -0.15) is 13.2 Å². The number of rotatable bonds is 2. The van der Waals surface area contributed by atoms with E-state index in [4.69, 9.17) is 4.74 Å². The number of hydrogen-bond donors (Lipinski definition) is 0. The number of piperazine rings is 1. The highest BCUT2D eigenvalue weighted by atomic mass is 19.4. The number of piperidine rings is 1. The first-order valence-corrected chi connectivity index (χ1v) is 11.9. The molecule has 4 rings (SSSR count). The van der Waals surface area contributed by atoms with E-state index < -0.39 is 23.6 Å². The van der Waals surface area contributed by atoms with E-state index in [9.17, 15) is 22.8 Å². The summed E-state index contributed by atoms with van der Waals surface area (Å²) in [5, 5.41) is 0.653. The van der Waals surface area contributed by atoms with E-state index in [1.807, 2.05) is 4.90 Å². The number of amides is 2. The van der Waals surface area contributed by atoms with Crippen LogP contribution in [0.5, 0.6) is 0 Å². The van der Waals surface area contributed by atoms with E-state index >= 15 is 0 Å². The van der Waals surface area contributed by atoms with Crippen molar-refractivity contribution < 1.29 is 27.5 Å². The van der Waals surface area contributed by atoms with Crippen molar-refractivity contribution in [3.8, 4) is 0 Å². The monoisotopic (exact) mass is 492 g/mol. The Morgan fingerprint density at radius 2 is 1.69 bits per heavy atom.